The molecule has 0 spiro atoms. The quantitative estimate of drug-likeness (QED) is 0.388. The Bertz CT molecular complexity index is 505. The molecule has 1 rings (SSSR count). The molecule has 0 aliphatic heterocycles. The predicted octanol–water partition coefficient (Wildman–Crippen LogP) is 7.18. The summed E-state index contributed by atoms with van der Waals surface area (Å²) < 4.78 is 0.471. The van der Waals surface area contributed by atoms with Crippen molar-refractivity contribution in [3.63, 3.8) is 0 Å². The van der Waals surface area contributed by atoms with Crippen molar-refractivity contribution < 1.29 is 21.6 Å². The van der Waals surface area contributed by atoms with Crippen LogP contribution in [0.25, 0.3) is 0 Å². The maximum atomic E-state index is 9.72. The van der Waals surface area contributed by atoms with Gasteiger partial charge in [0.1, 0.15) is 5.75 Å². The van der Waals surface area contributed by atoms with Gasteiger partial charge in [0.15, 0.2) is 0 Å². The molecule has 1 aromatic carbocycles. The van der Waals surface area contributed by atoms with Gasteiger partial charge in [-0.15, -0.1) is 0 Å². The molecule has 0 saturated heterocycles. The molecule has 3 heteroatoms. The molecular weight excluding hydrogens is 371 g/mol. The molecule has 25 heavy (non-hydrogen) atoms. The van der Waals surface area contributed by atoms with Crippen LogP contribution in [0.1, 0.15) is 82.1 Å². The topological polar surface area (TPSA) is 20.2 Å². The normalized spacial score (nSPS) is 14.1. The molecule has 1 N–H and O–H groups in total. The van der Waals surface area contributed by atoms with Gasteiger partial charge < -0.3 is 5.11 Å². The van der Waals surface area contributed by atoms with E-state index >= 15 is 0 Å². The van der Waals surface area contributed by atoms with Crippen molar-refractivity contribution in [3.05, 3.63) is 24.3 Å². The molecule has 0 aromatic heterocycles. The van der Waals surface area contributed by atoms with E-state index in [2.05, 4.69) is 81.4 Å². The monoisotopic (exact) mass is 410 g/mol. The van der Waals surface area contributed by atoms with Crippen LogP contribution in [-0.4, -0.2) is 14.6 Å². The number of rotatable bonds is 5. The van der Waals surface area contributed by atoms with Crippen molar-refractivity contribution in [1.29, 1.82) is 0 Å². The first-order valence-corrected chi connectivity index (χ1v) is 10.5. The predicted molar refractivity (Wildman–Crippen MR) is 112 cm³/mol. The molecule has 0 bridgehead atoms. The summed E-state index contributed by atoms with van der Waals surface area (Å²) in [5.41, 5.74) is 0.609. The Balaban J connectivity index is 0.00000576. The van der Waals surface area contributed by atoms with Gasteiger partial charge in [0, 0.05) is 16.5 Å². The van der Waals surface area contributed by atoms with Gasteiger partial charge in [-0.1, -0.05) is 69.2 Å². The third-order valence-corrected chi connectivity index (χ3v) is 7.80. The first-order valence-electron chi connectivity index (χ1n) is 9.13. The third kappa shape index (κ3) is 7.96. The average Bonchev–Trinajstić information content (AvgIpc) is 2.24. The number of thiol groups is 1. The van der Waals surface area contributed by atoms with E-state index in [0.717, 1.165) is 0 Å². The van der Waals surface area contributed by atoms with Gasteiger partial charge in [-0.25, -0.2) is 10.9 Å². The summed E-state index contributed by atoms with van der Waals surface area (Å²) in [6.07, 6.45) is 2.39. The first-order chi connectivity index (χ1) is 10.5. The van der Waals surface area contributed by atoms with Gasteiger partial charge >= 0.3 is 0 Å². The Morgan fingerprint density at radius 2 is 1.00 bits per heavy atom. The number of hydrogen-bond donors (Lipinski definition) is 2. The Morgan fingerprint density at radius 3 is 1.28 bits per heavy atom. The summed E-state index contributed by atoms with van der Waals surface area (Å²) in [6, 6.07) is 8.00. The van der Waals surface area contributed by atoms with E-state index in [1.807, 2.05) is 12.1 Å². The zero-order valence-corrected chi connectivity index (χ0v) is 19.8. The molecule has 0 amide bonds. The van der Waals surface area contributed by atoms with Crippen LogP contribution in [0.4, 0.5) is 0 Å². The van der Waals surface area contributed by atoms with Crippen LogP contribution in [0.15, 0.2) is 29.2 Å². The minimum absolute atomic E-state index is 0. The van der Waals surface area contributed by atoms with Crippen LogP contribution in [0, 0.1) is 10.8 Å². The van der Waals surface area contributed by atoms with E-state index in [1.54, 1.807) is 0 Å². The molecule has 1 nitrogen and oxygen atoms in total. The molecule has 0 fully saturated rings. The van der Waals surface area contributed by atoms with E-state index in [-0.39, 0.29) is 26.0 Å². The molecule has 0 aliphatic rings. The van der Waals surface area contributed by atoms with Crippen molar-refractivity contribution in [2.45, 2.75) is 96.5 Å². The molecule has 0 atom stereocenters. The number of phenols is 1. The van der Waals surface area contributed by atoms with Crippen molar-refractivity contribution >= 4 is 10.9 Å². The molecule has 1 aromatic rings. The van der Waals surface area contributed by atoms with Crippen molar-refractivity contribution in [2.75, 3.05) is 0 Å². The number of aromatic hydroxyl groups is 1. The van der Waals surface area contributed by atoms with Gasteiger partial charge in [0.2, 0.25) is 0 Å². The van der Waals surface area contributed by atoms with Crippen molar-refractivity contribution in [1.82, 2.24) is 0 Å². The number of benzene rings is 1. The molecule has 0 saturated carbocycles. The molecule has 0 heterocycles. The standard InChI is InChI=1S/C22H40OS.Ni/c1-19(2,3)15-21(7,8)24(18-13-11-17(23)12-14-18)22(9,10)16-20(4,5)6;/h11-14,23-24H,15-16H2,1-10H3;. The van der Waals surface area contributed by atoms with E-state index in [4.69, 9.17) is 0 Å². The van der Waals surface area contributed by atoms with Gasteiger partial charge in [-0.05, 0) is 62.3 Å². The van der Waals surface area contributed by atoms with E-state index < -0.39 is 10.9 Å². The summed E-state index contributed by atoms with van der Waals surface area (Å²) in [5, 5.41) is 9.72. The summed E-state index contributed by atoms with van der Waals surface area (Å²) in [7, 11) is -0.394. The number of hydrogen-bond acceptors (Lipinski definition) is 1. The minimum Gasteiger partial charge on any atom is -0.508 e. The SMILES string of the molecule is CC(C)(C)CC(C)(C)[SH](c1ccc(O)cc1)C(C)(C)CC(C)(C)C.[Ni]. The molecule has 0 unspecified atom stereocenters. The van der Waals surface area contributed by atoms with E-state index in [1.165, 1.54) is 17.7 Å². The van der Waals surface area contributed by atoms with E-state index in [0.29, 0.717) is 16.6 Å². The Hall–Kier alpha value is -0.136. The summed E-state index contributed by atoms with van der Waals surface area (Å²) in [6.45, 7) is 23.8. The Labute approximate surface area is 169 Å². The summed E-state index contributed by atoms with van der Waals surface area (Å²) >= 11 is 0. The average molecular weight is 411 g/mol. The summed E-state index contributed by atoms with van der Waals surface area (Å²) in [5.74, 6) is 0.357. The third-order valence-electron chi connectivity index (χ3n) is 4.24. The zero-order valence-electron chi connectivity index (χ0n) is 17.9. The smallest absolute Gasteiger partial charge is 0.115 e. The molecule has 150 valence electrons. The number of phenolic OH excluding ortho intramolecular Hbond substituents is 1. The first kappa shape index (κ1) is 24.9. The second-order valence-electron chi connectivity index (χ2n) is 11.0. The van der Waals surface area contributed by atoms with E-state index in [9.17, 15) is 5.11 Å². The Kier molecular flexibility index (Phi) is 8.21. The van der Waals surface area contributed by atoms with Crippen molar-refractivity contribution in [3.8, 4) is 5.75 Å². The largest absolute Gasteiger partial charge is 0.508 e. The van der Waals surface area contributed by atoms with Gasteiger partial charge in [-0.2, -0.15) is 0 Å². The Morgan fingerprint density at radius 1 is 0.680 bits per heavy atom. The maximum absolute atomic E-state index is 9.72. The fourth-order valence-electron chi connectivity index (χ4n) is 4.87. The fraction of sp³-hybridized carbons (Fsp3) is 0.727. The van der Waals surface area contributed by atoms with Crippen LogP contribution in [-0.2, 0) is 16.5 Å². The molecule has 0 radical (unpaired) electrons. The van der Waals surface area contributed by atoms with Crippen LogP contribution in [0.2, 0.25) is 0 Å². The second-order valence-corrected chi connectivity index (χ2v) is 14.6. The van der Waals surface area contributed by atoms with Crippen LogP contribution in [0.5, 0.6) is 5.75 Å². The maximum Gasteiger partial charge on any atom is 0.115 e. The van der Waals surface area contributed by atoms with Crippen LogP contribution >= 0.6 is 10.9 Å². The van der Waals surface area contributed by atoms with Crippen LogP contribution in [0.3, 0.4) is 0 Å². The fourth-order valence-corrected chi connectivity index (χ4v) is 9.62. The zero-order chi connectivity index (χ0) is 19.0. The molecule has 0 aliphatic carbocycles. The van der Waals surface area contributed by atoms with Gasteiger partial charge in [-0.3, -0.25) is 0 Å². The second kappa shape index (κ2) is 8.26. The minimum atomic E-state index is -0.394. The van der Waals surface area contributed by atoms with Crippen molar-refractivity contribution in [2.24, 2.45) is 10.8 Å². The summed E-state index contributed by atoms with van der Waals surface area (Å²) in [4.78, 5) is 1.41. The molecular formula is C22H40NiOS. The van der Waals surface area contributed by atoms with Crippen LogP contribution < -0.4 is 0 Å². The van der Waals surface area contributed by atoms with Gasteiger partial charge in [0.25, 0.3) is 0 Å². The van der Waals surface area contributed by atoms with Gasteiger partial charge in [0.05, 0.1) is 0 Å².